The van der Waals surface area contributed by atoms with Crippen LogP contribution in [0, 0.1) is 11.3 Å². The van der Waals surface area contributed by atoms with Crippen LogP contribution >= 0.6 is 0 Å². The van der Waals surface area contributed by atoms with Gasteiger partial charge in [0, 0.05) is 18.1 Å². The van der Waals surface area contributed by atoms with Gasteiger partial charge in [0.25, 0.3) is 0 Å². The zero-order valence-electron chi connectivity index (χ0n) is 14.5. The van der Waals surface area contributed by atoms with Crippen molar-refractivity contribution in [3.63, 3.8) is 0 Å². The van der Waals surface area contributed by atoms with E-state index in [2.05, 4.69) is 31.4 Å². The summed E-state index contributed by atoms with van der Waals surface area (Å²) in [5, 5.41) is 6.69. The van der Waals surface area contributed by atoms with Crippen LogP contribution in [0.5, 0.6) is 0 Å². The molecule has 21 heavy (non-hydrogen) atoms. The Morgan fingerprint density at radius 2 is 1.81 bits per heavy atom. The van der Waals surface area contributed by atoms with Gasteiger partial charge in [-0.05, 0) is 57.8 Å². The van der Waals surface area contributed by atoms with Crippen molar-refractivity contribution in [2.45, 2.75) is 91.0 Å². The van der Waals surface area contributed by atoms with Gasteiger partial charge in [-0.3, -0.25) is 0 Å². The molecule has 1 amide bonds. The maximum absolute atomic E-state index is 11.7. The highest BCUT2D eigenvalue weighted by molar-refractivity contribution is 5.68. The van der Waals surface area contributed by atoms with Crippen molar-refractivity contribution in [2.75, 3.05) is 0 Å². The van der Waals surface area contributed by atoms with E-state index in [1.807, 2.05) is 20.8 Å². The Morgan fingerprint density at radius 3 is 2.38 bits per heavy atom. The van der Waals surface area contributed by atoms with Gasteiger partial charge in [0.2, 0.25) is 0 Å². The van der Waals surface area contributed by atoms with Crippen molar-refractivity contribution >= 4 is 6.09 Å². The molecule has 0 saturated heterocycles. The Morgan fingerprint density at radius 1 is 1.14 bits per heavy atom. The minimum absolute atomic E-state index is 0.236. The zero-order valence-corrected chi connectivity index (χ0v) is 14.5. The summed E-state index contributed by atoms with van der Waals surface area (Å²) in [5.74, 6) is 0.780. The number of alkyl carbamates (subject to hydrolysis) is 1. The number of hydrogen-bond acceptors (Lipinski definition) is 3. The molecule has 0 aliphatic heterocycles. The molecule has 0 bridgehead atoms. The fourth-order valence-corrected chi connectivity index (χ4v) is 3.77. The zero-order chi connectivity index (χ0) is 15.8. The molecule has 4 heteroatoms. The lowest BCUT2D eigenvalue weighted by molar-refractivity contribution is 0.0520. The standard InChI is InChI=1S/C17H32N2O2/c1-11-7-12(10-17(5,6)9-11)18-13-8-14(13)19-15(20)21-16(2,3)4/h11-14,18H,7-10H2,1-6H3,(H,19,20). The third-order valence-corrected chi connectivity index (χ3v) is 4.33. The Kier molecular flexibility index (Phi) is 4.57. The lowest BCUT2D eigenvalue weighted by atomic mass is 9.70. The maximum atomic E-state index is 11.7. The van der Waals surface area contributed by atoms with Crippen LogP contribution in [0.15, 0.2) is 0 Å². The molecular formula is C17H32N2O2. The highest BCUT2D eigenvalue weighted by Gasteiger charge is 2.42. The summed E-state index contributed by atoms with van der Waals surface area (Å²) in [6.07, 6.45) is 4.51. The van der Waals surface area contributed by atoms with Crippen LogP contribution in [-0.4, -0.2) is 29.8 Å². The Hall–Kier alpha value is -0.770. The van der Waals surface area contributed by atoms with Crippen molar-refractivity contribution in [3.05, 3.63) is 0 Å². The first-order chi connectivity index (χ1) is 9.54. The number of carbonyl (C=O) groups excluding carboxylic acids is 1. The fraction of sp³-hybridized carbons (Fsp3) is 0.941. The molecule has 2 rings (SSSR count). The predicted molar refractivity (Wildman–Crippen MR) is 85.3 cm³/mol. The monoisotopic (exact) mass is 296 g/mol. The summed E-state index contributed by atoms with van der Waals surface area (Å²) in [5.41, 5.74) is 0.00301. The molecule has 0 radical (unpaired) electrons. The van der Waals surface area contributed by atoms with Crippen LogP contribution in [0.4, 0.5) is 4.79 Å². The molecule has 2 aliphatic carbocycles. The van der Waals surface area contributed by atoms with Crippen molar-refractivity contribution in [3.8, 4) is 0 Å². The van der Waals surface area contributed by atoms with E-state index in [1.54, 1.807) is 0 Å². The number of amides is 1. The second-order valence-electron chi connectivity index (χ2n) is 8.87. The van der Waals surface area contributed by atoms with E-state index in [1.165, 1.54) is 19.3 Å². The molecule has 0 heterocycles. The SMILES string of the molecule is CC1CC(NC2CC2NC(=O)OC(C)(C)C)CC(C)(C)C1. The van der Waals surface area contributed by atoms with Crippen molar-refractivity contribution in [2.24, 2.45) is 11.3 Å². The molecule has 0 aromatic rings. The molecule has 0 aromatic carbocycles. The molecule has 2 saturated carbocycles. The van der Waals surface area contributed by atoms with Gasteiger partial charge in [0.15, 0.2) is 0 Å². The van der Waals surface area contributed by atoms with Gasteiger partial charge in [-0.1, -0.05) is 20.8 Å². The van der Waals surface area contributed by atoms with Gasteiger partial charge in [0.05, 0.1) is 0 Å². The quantitative estimate of drug-likeness (QED) is 0.838. The van der Waals surface area contributed by atoms with Gasteiger partial charge in [-0.15, -0.1) is 0 Å². The average Bonchev–Trinajstić information content (AvgIpc) is 2.88. The van der Waals surface area contributed by atoms with Gasteiger partial charge < -0.3 is 15.4 Å². The third-order valence-electron chi connectivity index (χ3n) is 4.33. The van der Waals surface area contributed by atoms with E-state index in [-0.39, 0.29) is 12.1 Å². The van der Waals surface area contributed by atoms with Gasteiger partial charge in [-0.25, -0.2) is 4.79 Å². The van der Waals surface area contributed by atoms with Crippen LogP contribution in [0.3, 0.4) is 0 Å². The lowest BCUT2D eigenvalue weighted by Crippen LogP contribution is -2.43. The first-order valence-corrected chi connectivity index (χ1v) is 8.30. The molecular weight excluding hydrogens is 264 g/mol. The summed E-state index contributed by atoms with van der Waals surface area (Å²) in [4.78, 5) is 11.7. The second-order valence-corrected chi connectivity index (χ2v) is 8.87. The van der Waals surface area contributed by atoms with Crippen LogP contribution < -0.4 is 10.6 Å². The number of rotatable bonds is 3. The molecule has 2 N–H and O–H groups in total. The number of hydrogen-bond donors (Lipinski definition) is 2. The lowest BCUT2D eigenvalue weighted by Gasteiger charge is -2.39. The van der Waals surface area contributed by atoms with E-state index in [0.29, 0.717) is 17.5 Å². The highest BCUT2D eigenvalue weighted by Crippen LogP contribution is 2.39. The first-order valence-electron chi connectivity index (χ1n) is 8.30. The van der Waals surface area contributed by atoms with Crippen LogP contribution in [0.1, 0.15) is 67.2 Å². The maximum Gasteiger partial charge on any atom is 0.407 e. The average molecular weight is 296 g/mol. The summed E-state index contributed by atoms with van der Waals surface area (Å²) >= 11 is 0. The molecule has 0 spiro atoms. The third kappa shape index (κ3) is 5.50. The van der Waals surface area contributed by atoms with E-state index in [4.69, 9.17) is 4.74 Å². The minimum Gasteiger partial charge on any atom is -0.444 e. The Labute approximate surface area is 129 Å². The van der Waals surface area contributed by atoms with E-state index >= 15 is 0 Å². The van der Waals surface area contributed by atoms with E-state index in [0.717, 1.165) is 12.3 Å². The van der Waals surface area contributed by atoms with Gasteiger partial charge in [-0.2, -0.15) is 0 Å². The van der Waals surface area contributed by atoms with Crippen molar-refractivity contribution in [1.29, 1.82) is 0 Å². The molecule has 122 valence electrons. The highest BCUT2D eigenvalue weighted by atomic mass is 16.6. The van der Waals surface area contributed by atoms with Crippen LogP contribution in [0.25, 0.3) is 0 Å². The summed E-state index contributed by atoms with van der Waals surface area (Å²) in [6.45, 7) is 12.7. The molecule has 4 atom stereocenters. The molecule has 0 aromatic heterocycles. The number of nitrogens with one attached hydrogen (secondary N) is 2. The summed E-state index contributed by atoms with van der Waals surface area (Å²) in [6, 6.07) is 1.24. The number of carbonyl (C=O) groups is 1. The van der Waals surface area contributed by atoms with E-state index in [9.17, 15) is 4.79 Å². The predicted octanol–water partition coefficient (Wildman–Crippen LogP) is 3.46. The second kappa shape index (κ2) is 5.79. The largest absolute Gasteiger partial charge is 0.444 e. The molecule has 4 nitrogen and oxygen atoms in total. The summed E-state index contributed by atoms with van der Waals surface area (Å²) in [7, 11) is 0. The van der Waals surface area contributed by atoms with Crippen LogP contribution in [0.2, 0.25) is 0 Å². The molecule has 2 fully saturated rings. The normalized spacial score (nSPS) is 35.1. The van der Waals surface area contributed by atoms with Crippen molar-refractivity contribution in [1.82, 2.24) is 10.6 Å². The number of ether oxygens (including phenoxy) is 1. The smallest absolute Gasteiger partial charge is 0.407 e. The summed E-state index contributed by atoms with van der Waals surface area (Å²) < 4.78 is 5.30. The Bertz CT molecular complexity index is 387. The van der Waals surface area contributed by atoms with E-state index < -0.39 is 5.60 Å². The fourth-order valence-electron chi connectivity index (χ4n) is 3.77. The van der Waals surface area contributed by atoms with Gasteiger partial charge in [0.1, 0.15) is 5.60 Å². The molecule has 4 unspecified atom stereocenters. The Balaban J connectivity index is 1.73. The van der Waals surface area contributed by atoms with Gasteiger partial charge >= 0.3 is 6.09 Å². The first kappa shape index (κ1) is 16.6. The van der Waals surface area contributed by atoms with Crippen LogP contribution in [-0.2, 0) is 4.74 Å². The topological polar surface area (TPSA) is 50.4 Å². The molecule has 2 aliphatic rings. The minimum atomic E-state index is -0.426. The van der Waals surface area contributed by atoms with Crippen molar-refractivity contribution < 1.29 is 9.53 Å².